The summed E-state index contributed by atoms with van der Waals surface area (Å²) < 4.78 is 16.7. The molecule has 0 amide bonds. The van der Waals surface area contributed by atoms with Crippen LogP contribution in [0.25, 0.3) is 0 Å². The van der Waals surface area contributed by atoms with E-state index < -0.39 is 0 Å². The lowest BCUT2D eigenvalue weighted by atomic mass is 9.94. The number of carbonyl (C=O) groups is 3. The molecule has 2 aromatic rings. The van der Waals surface area contributed by atoms with Crippen molar-refractivity contribution in [2.45, 2.75) is 148 Å². The molecule has 8 nitrogen and oxygen atoms in total. The van der Waals surface area contributed by atoms with E-state index in [2.05, 4.69) is 28.9 Å². The average Bonchev–Trinajstić information content (AvgIpc) is 3.28. The minimum absolute atomic E-state index is 0.125. The summed E-state index contributed by atoms with van der Waals surface area (Å²) in [5, 5.41) is 0. The van der Waals surface area contributed by atoms with Crippen molar-refractivity contribution in [1.82, 2.24) is 9.80 Å². The van der Waals surface area contributed by atoms with E-state index >= 15 is 0 Å². The molecule has 0 aliphatic carbocycles. The molecule has 62 heavy (non-hydrogen) atoms. The zero-order valence-corrected chi connectivity index (χ0v) is 39.9. The zero-order chi connectivity index (χ0) is 43.7. The highest BCUT2D eigenvalue weighted by atomic mass is 33.1. The second-order valence-electron chi connectivity index (χ2n) is 17.5. The van der Waals surface area contributed by atoms with Crippen LogP contribution < -0.4 is 4.74 Å². The molecule has 0 N–H and O–H groups in total. The number of rotatable bonds is 33. The number of unbranched alkanes of at least 4 members (excludes halogenated alkanes) is 11. The highest BCUT2D eigenvalue weighted by Gasteiger charge is 2.21. The third-order valence-electron chi connectivity index (χ3n) is 12.4. The molecule has 346 valence electrons. The normalized spacial score (nSPS) is 15.6. The fourth-order valence-electron chi connectivity index (χ4n) is 8.36. The largest absolute Gasteiger partial charge is 0.465 e. The topological polar surface area (TPSA) is 85.4 Å². The lowest BCUT2D eigenvalue weighted by molar-refractivity contribution is -0.144. The van der Waals surface area contributed by atoms with Gasteiger partial charge in [-0.15, -0.1) is 0 Å². The van der Waals surface area contributed by atoms with Gasteiger partial charge in [0.05, 0.1) is 26.1 Å². The maximum Gasteiger partial charge on any atom is 0.311 e. The smallest absolute Gasteiger partial charge is 0.311 e. The highest BCUT2D eigenvalue weighted by Crippen LogP contribution is 2.26. The Morgan fingerprint density at radius 1 is 0.581 bits per heavy atom. The number of nitrogens with zero attached hydrogens (tertiary/aromatic N) is 2. The summed E-state index contributed by atoms with van der Waals surface area (Å²) in [4.78, 5) is 42.2. The summed E-state index contributed by atoms with van der Waals surface area (Å²) in [7, 11) is 4.00. The molecule has 0 unspecified atom stereocenters. The monoisotopic (exact) mass is 893 g/mol. The van der Waals surface area contributed by atoms with E-state index in [4.69, 9.17) is 14.2 Å². The summed E-state index contributed by atoms with van der Waals surface area (Å²) >= 11 is 0. The summed E-state index contributed by atoms with van der Waals surface area (Å²) in [6, 6.07) is 17.1. The van der Waals surface area contributed by atoms with Gasteiger partial charge in [-0.2, -0.15) is 0 Å². The summed E-state index contributed by atoms with van der Waals surface area (Å²) in [6.07, 6.45) is 28.4. The van der Waals surface area contributed by atoms with Crippen LogP contribution in [0.5, 0.6) is 5.75 Å². The highest BCUT2D eigenvalue weighted by molar-refractivity contribution is 8.76. The first-order chi connectivity index (χ1) is 30.5. The van der Waals surface area contributed by atoms with Crippen LogP contribution in [-0.4, -0.2) is 91.7 Å². The van der Waals surface area contributed by atoms with Gasteiger partial charge >= 0.3 is 17.9 Å². The Morgan fingerprint density at radius 3 is 1.56 bits per heavy atom. The van der Waals surface area contributed by atoms with Crippen molar-refractivity contribution in [2.24, 2.45) is 11.8 Å². The van der Waals surface area contributed by atoms with Crippen molar-refractivity contribution >= 4 is 39.5 Å². The number of ether oxygens (including phenoxy) is 3. The maximum atomic E-state index is 12.5. The Labute approximate surface area is 383 Å². The molecule has 10 heteroatoms. The Hall–Kier alpha value is -2.79. The first-order valence-corrected chi connectivity index (χ1v) is 26.9. The number of hydrogen-bond acceptors (Lipinski definition) is 10. The molecule has 0 aromatic heterocycles. The molecule has 2 saturated heterocycles. The molecule has 2 aliphatic rings. The second-order valence-corrected chi connectivity index (χ2v) is 20.2. The third kappa shape index (κ3) is 24.9. The van der Waals surface area contributed by atoms with Crippen LogP contribution in [0, 0.1) is 11.8 Å². The predicted octanol–water partition coefficient (Wildman–Crippen LogP) is 12.1. The minimum atomic E-state index is -0.204. The Balaban J connectivity index is 0.899. The molecule has 2 heterocycles. The maximum absolute atomic E-state index is 12.5. The first kappa shape index (κ1) is 51.8. The van der Waals surface area contributed by atoms with Gasteiger partial charge in [-0.25, -0.2) is 0 Å². The van der Waals surface area contributed by atoms with Crippen molar-refractivity contribution in [3.05, 3.63) is 77.9 Å². The van der Waals surface area contributed by atoms with Crippen LogP contribution in [0.15, 0.2) is 66.7 Å². The zero-order valence-electron chi connectivity index (χ0n) is 38.3. The van der Waals surface area contributed by atoms with Crippen LogP contribution in [-0.2, 0) is 36.7 Å². The summed E-state index contributed by atoms with van der Waals surface area (Å²) in [5.41, 5.74) is 1.87. The first-order valence-electron chi connectivity index (χ1n) is 24.5. The fraction of sp³-hybridized carbons (Fsp3) is 0.673. The number of hydrogen-bond donors (Lipinski definition) is 0. The van der Waals surface area contributed by atoms with Gasteiger partial charge in [0.15, 0.2) is 0 Å². The molecular formula is C52H80N2O6S2. The Kier molecular flexibility index (Phi) is 28.2. The van der Waals surface area contributed by atoms with Gasteiger partial charge in [-0.05, 0) is 132 Å². The number of allylic oxidation sites excluding steroid dienone is 2. The van der Waals surface area contributed by atoms with Crippen LogP contribution in [0.1, 0.15) is 146 Å². The minimum Gasteiger partial charge on any atom is -0.465 e. The number of likely N-dealkylation sites (tertiary alicyclic amines) is 2. The molecule has 2 fully saturated rings. The van der Waals surface area contributed by atoms with E-state index in [1.54, 1.807) is 12.1 Å². The van der Waals surface area contributed by atoms with Gasteiger partial charge in [-0.3, -0.25) is 14.4 Å². The van der Waals surface area contributed by atoms with Crippen LogP contribution in [0.3, 0.4) is 0 Å². The quantitative estimate of drug-likeness (QED) is 0.0227. The van der Waals surface area contributed by atoms with Crippen molar-refractivity contribution in [2.75, 3.05) is 64.0 Å². The molecule has 4 rings (SSSR count). The number of carbonyl (C=O) groups excluding carboxylic acids is 3. The lowest BCUT2D eigenvalue weighted by Crippen LogP contribution is -2.36. The lowest BCUT2D eigenvalue weighted by Gasteiger charge is -2.32. The van der Waals surface area contributed by atoms with Gasteiger partial charge < -0.3 is 24.0 Å². The Morgan fingerprint density at radius 2 is 1.05 bits per heavy atom. The molecule has 2 aliphatic heterocycles. The molecule has 2 aromatic carbocycles. The van der Waals surface area contributed by atoms with E-state index in [0.717, 1.165) is 100 Å². The fourth-order valence-corrected chi connectivity index (χ4v) is 10.4. The van der Waals surface area contributed by atoms with E-state index in [0.29, 0.717) is 43.6 Å². The van der Waals surface area contributed by atoms with Gasteiger partial charge in [0, 0.05) is 31.0 Å². The molecule has 0 bridgehead atoms. The van der Waals surface area contributed by atoms with Gasteiger partial charge in [0.2, 0.25) is 0 Å². The van der Waals surface area contributed by atoms with Gasteiger partial charge in [0.25, 0.3) is 0 Å². The van der Waals surface area contributed by atoms with E-state index in [1.165, 1.54) is 83.5 Å². The van der Waals surface area contributed by atoms with Crippen molar-refractivity contribution < 1.29 is 28.6 Å². The van der Waals surface area contributed by atoms with E-state index in [-0.39, 0.29) is 24.3 Å². The number of benzene rings is 2. The standard InChI is InChI=1S/C52H80N2O6S2/c1-2-3-4-5-6-7-8-9-10-11-12-13-14-15-19-22-50(55)60-49-25-23-48(24-26-49)44-52(57)59-40-32-46-29-35-54(36-30-46)38-42-62-61-41-37-53-33-27-45(28-34-53)31-39-58-51(56)43-47-20-17-16-18-21-47/h9-10,16-18,20-21,23-26,45-46H,2-8,11-15,19,22,27-44H2,1H3/b10-9-. The van der Waals surface area contributed by atoms with Crippen LogP contribution >= 0.6 is 21.6 Å². The van der Waals surface area contributed by atoms with Crippen molar-refractivity contribution in [3.63, 3.8) is 0 Å². The predicted molar refractivity (Wildman–Crippen MR) is 260 cm³/mol. The molecule has 0 saturated carbocycles. The van der Waals surface area contributed by atoms with Crippen molar-refractivity contribution in [1.29, 1.82) is 0 Å². The van der Waals surface area contributed by atoms with Crippen molar-refractivity contribution in [3.8, 4) is 5.75 Å². The third-order valence-corrected chi connectivity index (χ3v) is 14.8. The molecule has 0 atom stereocenters. The second kappa shape index (κ2) is 33.7. The van der Waals surface area contributed by atoms with Crippen LogP contribution in [0.4, 0.5) is 0 Å². The van der Waals surface area contributed by atoms with Gasteiger partial charge in [-0.1, -0.05) is 134 Å². The SMILES string of the molecule is CCCCCCCC/C=C\CCCCCCCC(=O)Oc1ccc(CC(=O)OCCC2CCN(CCSSCCN3CCC(CCOC(=O)Cc4ccccc4)CC3)CC2)cc1. The average molecular weight is 893 g/mol. The molecule has 0 radical (unpaired) electrons. The van der Waals surface area contributed by atoms with Gasteiger partial charge in [0.1, 0.15) is 5.75 Å². The Bertz CT molecular complexity index is 1490. The molecular weight excluding hydrogens is 813 g/mol. The van der Waals surface area contributed by atoms with E-state index in [9.17, 15) is 14.4 Å². The summed E-state index contributed by atoms with van der Waals surface area (Å²) in [5.74, 6) is 3.59. The summed E-state index contributed by atoms with van der Waals surface area (Å²) in [6.45, 7) is 10.1. The number of esters is 3. The van der Waals surface area contributed by atoms with Crippen LogP contribution in [0.2, 0.25) is 0 Å². The van der Waals surface area contributed by atoms with E-state index in [1.807, 2.05) is 64.1 Å². The number of piperidine rings is 2. The molecule has 0 spiro atoms.